The van der Waals surface area contributed by atoms with Gasteiger partial charge in [0.25, 0.3) is 0 Å². The molecular formula is C58H39N3. The molecule has 2 aliphatic carbocycles. The lowest BCUT2D eigenvalue weighted by Crippen LogP contribution is -2.29. The maximum Gasteiger partial charge on any atom is 0.0991 e. The van der Waals surface area contributed by atoms with E-state index in [9.17, 15) is 5.26 Å². The number of aromatic nitrogens is 1. The van der Waals surface area contributed by atoms with E-state index in [1.807, 2.05) is 18.2 Å². The fourth-order valence-electron chi connectivity index (χ4n) is 10.5. The van der Waals surface area contributed by atoms with Crippen molar-refractivity contribution < 1.29 is 0 Å². The minimum atomic E-state index is -0.560. The number of hydrogen-bond donors (Lipinski definition) is 0. The highest BCUT2D eigenvalue weighted by Crippen LogP contribution is 2.59. The molecule has 1 unspecified atom stereocenters. The molecule has 9 aromatic rings. The second kappa shape index (κ2) is 13.9. The molecule has 12 rings (SSSR count). The number of aliphatic imine (C=N–C) groups is 1. The number of benzene rings is 8. The van der Waals surface area contributed by atoms with Gasteiger partial charge in [0.05, 0.1) is 33.8 Å². The molecule has 1 aliphatic heterocycles. The van der Waals surface area contributed by atoms with Crippen LogP contribution in [0.15, 0.2) is 217 Å². The highest BCUT2D eigenvalue weighted by atomic mass is 15.0. The van der Waals surface area contributed by atoms with Gasteiger partial charge < -0.3 is 4.57 Å². The van der Waals surface area contributed by atoms with Crippen LogP contribution >= 0.6 is 0 Å². The summed E-state index contributed by atoms with van der Waals surface area (Å²) in [5, 5.41) is 12.2. The Hall–Kier alpha value is -7.80. The van der Waals surface area contributed by atoms with Crippen molar-refractivity contribution in [1.29, 1.82) is 5.26 Å². The molecule has 3 nitrogen and oxygen atoms in total. The predicted octanol–water partition coefficient (Wildman–Crippen LogP) is 13.7. The van der Waals surface area contributed by atoms with E-state index in [0.717, 1.165) is 46.6 Å². The molecule has 3 heteroatoms. The van der Waals surface area contributed by atoms with Crippen molar-refractivity contribution in [2.24, 2.45) is 10.9 Å². The zero-order chi connectivity index (χ0) is 40.5. The Balaban J connectivity index is 1.11. The highest BCUT2D eigenvalue weighted by Gasteiger charge is 2.48. The summed E-state index contributed by atoms with van der Waals surface area (Å²) in [5.41, 5.74) is 19.2. The van der Waals surface area contributed by atoms with Crippen LogP contribution < -0.4 is 0 Å². The van der Waals surface area contributed by atoms with Gasteiger partial charge in [-0.15, -0.1) is 0 Å². The lowest BCUT2D eigenvalue weighted by Gasteiger charge is -2.34. The fraction of sp³-hybridized carbons (Fsp3) is 0.0690. The molecule has 0 saturated heterocycles. The first-order chi connectivity index (χ1) is 30.2. The van der Waals surface area contributed by atoms with E-state index >= 15 is 0 Å². The van der Waals surface area contributed by atoms with Gasteiger partial charge in [-0.1, -0.05) is 175 Å². The monoisotopic (exact) mass is 777 g/mol. The first-order valence-electron chi connectivity index (χ1n) is 21.2. The summed E-state index contributed by atoms with van der Waals surface area (Å²) in [6.07, 6.45) is 4.11. The topological polar surface area (TPSA) is 41.1 Å². The Morgan fingerprint density at radius 2 is 1.23 bits per heavy atom. The summed E-state index contributed by atoms with van der Waals surface area (Å²) in [7, 11) is 0. The molecule has 8 aromatic carbocycles. The van der Waals surface area contributed by atoms with Crippen molar-refractivity contribution in [3.8, 4) is 22.9 Å². The first-order valence-corrected chi connectivity index (χ1v) is 21.2. The van der Waals surface area contributed by atoms with Crippen molar-refractivity contribution in [2.75, 3.05) is 0 Å². The van der Waals surface area contributed by atoms with Crippen molar-refractivity contribution in [3.63, 3.8) is 0 Å². The van der Waals surface area contributed by atoms with Crippen LogP contribution in [0.3, 0.4) is 0 Å². The minimum Gasteiger partial charge on any atom is -0.309 e. The number of allylic oxidation sites excluding steroid dienone is 3. The summed E-state index contributed by atoms with van der Waals surface area (Å²) in [6, 6.07) is 74.7. The second-order valence-corrected chi connectivity index (χ2v) is 16.5. The third-order valence-electron chi connectivity index (χ3n) is 13.2. The molecule has 0 radical (unpaired) electrons. The van der Waals surface area contributed by atoms with E-state index in [0.29, 0.717) is 11.5 Å². The SMILES string of the molecule is N#Cc1cccc(C2=C3CC3CC(c3cccc(-n4c5ccccc5c5ccc6c(c54)C(c4ccccc4)(c4ccccc4)c4ccccc4-6)c3)=NC(c3ccccc3)=C2)c1. The molecule has 0 spiro atoms. The summed E-state index contributed by atoms with van der Waals surface area (Å²) < 4.78 is 2.53. The molecule has 2 heterocycles. The van der Waals surface area contributed by atoms with Gasteiger partial charge in [-0.25, -0.2) is 0 Å². The molecule has 0 bridgehead atoms. The maximum atomic E-state index is 9.75. The molecule has 3 aliphatic rings. The van der Waals surface area contributed by atoms with Gasteiger partial charge in [-0.2, -0.15) is 5.26 Å². The quantitative estimate of drug-likeness (QED) is 0.166. The molecule has 0 amide bonds. The Morgan fingerprint density at radius 3 is 2.02 bits per heavy atom. The van der Waals surface area contributed by atoms with E-state index in [4.69, 9.17) is 4.99 Å². The van der Waals surface area contributed by atoms with Crippen molar-refractivity contribution in [3.05, 3.63) is 256 Å². The normalized spacial score (nSPS) is 16.1. The van der Waals surface area contributed by atoms with Gasteiger partial charge in [-0.05, 0) is 99.7 Å². The van der Waals surface area contributed by atoms with Crippen LogP contribution in [-0.4, -0.2) is 10.3 Å². The summed E-state index contributed by atoms with van der Waals surface area (Å²) >= 11 is 0. The van der Waals surface area contributed by atoms with Crippen LogP contribution in [-0.2, 0) is 5.41 Å². The summed E-state index contributed by atoms with van der Waals surface area (Å²) in [6.45, 7) is 0. The van der Waals surface area contributed by atoms with Crippen molar-refractivity contribution in [2.45, 2.75) is 18.3 Å². The van der Waals surface area contributed by atoms with Crippen LogP contribution in [0.4, 0.5) is 0 Å². The van der Waals surface area contributed by atoms with E-state index in [1.54, 1.807) is 0 Å². The number of nitrogens with zero attached hydrogens (tertiary/aromatic N) is 3. The molecule has 0 N–H and O–H groups in total. The maximum absolute atomic E-state index is 9.75. The predicted molar refractivity (Wildman–Crippen MR) is 250 cm³/mol. The van der Waals surface area contributed by atoms with Gasteiger partial charge in [0.15, 0.2) is 0 Å². The molecule has 1 aromatic heterocycles. The third-order valence-corrected chi connectivity index (χ3v) is 13.2. The van der Waals surface area contributed by atoms with Crippen LogP contribution in [0.5, 0.6) is 0 Å². The fourth-order valence-corrected chi connectivity index (χ4v) is 10.5. The molecule has 286 valence electrons. The molecule has 61 heavy (non-hydrogen) atoms. The number of para-hydroxylation sites is 1. The van der Waals surface area contributed by atoms with Gasteiger partial charge in [0.1, 0.15) is 0 Å². The number of nitriles is 1. The zero-order valence-electron chi connectivity index (χ0n) is 33.5. The summed E-state index contributed by atoms with van der Waals surface area (Å²) in [4.78, 5) is 5.58. The number of rotatable bonds is 6. The average Bonchev–Trinajstić information content (AvgIpc) is 3.88. The van der Waals surface area contributed by atoms with Crippen LogP contribution in [0.2, 0.25) is 0 Å². The van der Waals surface area contributed by atoms with E-state index in [2.05, 4.69) is 199 Å². The zero-order valence-corrected chi connectivity index (χ0v) is 33.5. The number of hydrogen-bond acceptors (Lipinski definition) is 2. The Morgan fingerprint density at radius 1 is 0.557 bits per heavy atom. The summed E-state index contributed by atoms with van der Waals surface area (Å²) in [5.74, 6) is 0.393. The average molecular weight is 778 g/mol. The van der Waals surface area contributed by atoms with Crippen molar-refractivity contribution >= 4 is 38.8 Å². The van der Waals surface area contributed by atoms with Gasteiger partial charge in [0.2, 0.25) is 0 Å². The van der Waals surface area contributed by atoms with Crippen LogP contribution in [0.1, 0.15) is 57.3 Å². The standard InChI is InChI=1S/C58H39N3/c59-37-38-16-14-19-40(32-38)51-36-54(39-17-4-1-5-18-39)60-53(35-42-34-50(42)51)41-20-15-25-45(33-41)61-55-29-13-11-27-47(55)49-31-30-48-46-26-10-12-28-52(46)58(56(48)57(49)61,43-21-6-2-7-22-43)44-23-8-3-9-24-44/h1-33,36,42H,34-35H2. The van der Waals surface area contributed by atoms with Crippen molar-refractivity contribution in [1.82, 2.24) is 4.57 Å². The Kier molecular flexibility index (Phi) is 8.02. The molecule has 1 fully saturated rings. The lowest BCUT2D eigenvalue weighted by atomic mass is 9.67. The highest BCUT2D eigenvalue weighted by molar-refractivity contribution is 6.14. The largest absolute Gasteiger partial charge is 0.309 e. The van der Waals surface area contributed by atoms with E-state index in [-0.39, 0.29) is 0 Å². The van der Waals surface area contributed by atoms with Gasteiger partial charge in [0, 0.05) is 33.3 Å². The molecular weight excluding hydrogens is 739 g/mol. The second-order valence-electron chi connectivity index (χ2n) is 16.5. The lowest BCUT2D eigenvalue weighted by molar-refractivity contribution is 0.771. The Labute approximate surface area is 355 Å². The smallest absolute Gasteiger partial charge is 0.0991 e. The van der Waals surface area contributed by atoms with E-state index < -0.39 is 5.41 Å². The van der Waals surface area contributed by atoms with E-state index in [1.165, 1.54) is 66.3 Å². The molecule has 1 saturated carbocycles. The third kappa shape index (κ3) is 5.46. The minimum absolute atomic E-state index is 0.393. The van der Waals surface area contributed by atoms with Crippen LogP contribution in [0.25, 0.3) is 49.9 Å². The number of fused-ring (bicyclic) bond motifs is 8. The Bertz CT molecular complexity index is 3320. The first kappa shape index (κ1) is 35.2. The van der Waals surface area contributed by atoms with Crippen LogP contribution in [0, 0.1) is 17.2 Å². The van der Waals surface area contributed by atoms with Gasteiger partial charge in [-0.3, -0.25) is 4.99 Å². The van der Waals surface area contributed by atoms with Gasteiger partial charge >= 0.3 is 0 Å². The molecule has 1 atom stereocenters.